The number of nitrogens with zero attached hydrogens (tertiary/aromatic N) is 1. The average Bonchev–Trinajstić information content (AvgIpc) is 2.17. The number of rotatable bonds is 1. The van der Waals surface area contributed by atoms with Crippen LogP contribution in [-0.2, 0) is 4.74 Å². The van der Waals surface area contributed by atoms with Gasteiger partial charge in [-0.25, -0.2) is 0 Å². The summed E-state index contributed by atoms with van der Waals surface area (Å²) in [6.07, 6.45) is 5.72. The smallest absolute Gasteiger partial charge is 0.126 e. The molecule has 3 rings (SSSR count). The van der Waals surface area contributed by atoms with Crippen LogP contribution in [0, 0.1) is 17.9 Å². The lowest BCUT2D eigenvalue weighted by Gasteiger charge is -2.43. The van der Waals surface area contributed by atoms with E-state index in [9.17, 15) is 0 Å². The van der Waals surface area contributed by atoms with Gasteiger partial charge in [-0.3, -0.25) is 4.90 Å². The first-order valence-electron chi connectivity index (χ1n) is 4.70. The first-order valence-corrected chi connectivity index (χ1v) is 4.70. The van der Waals surface area contributed by atoms with Gasteiger partial charge in [-0.05, 0) is 25.9 Å². The molecule has 3 aliphatic rings. The standard InChI is InChI=1S/C10H15NO/c1-2-7-12-10-8-11-5-3-9(10)4-6-11/h9-10H,3-6,8H2,1H3. The number of hydrogen-bond acceptors (Lipinski definition) is 2. The third-order valence-corrected chi connectivity index (χ3v) is 2.91. The lowest BCUT2D eigenvalue weighted by molar-refractivity contribution is -0.0228. The molecule has 66 valence electrons. The van der Waals surface area contributed by atoms with Crippen molar-refractivity contribution in [1.82, 2.24) is 4.90 Å². The molecule has 0 radical (unpaired) electrons. The van der Waals surface area contributed by atoms with Gasteiger partial charge in [0.1, 0.15) is 12.2 Å². The van der Waals surface area contributed by atoms with E-state index in [1.165, 1.54) is 25.9 Å². The fourth-order valence-electron chi connectivity index (χ4n) is 2.18. The molecule has 0 amide bonds. The van der Waals surface area contributed by atoms with Gasteiger partial charge in [0, 0.05) is 19.4 Å². The van der Waals surface area contributed by atoms with Crippen LogP contribution in [0.25, 0.3) is 0 Å². The molecule has 2 bridgehead atoms. The molecule has 1 unspecified atom stereocenters. The molecule has 2 heteroatoms. The zero-order chi connectivity index (χ0) is 8.39. The monoisotopic (exact) mass is 165 g/mol. The van der Waals surface area contributed by atoms with E-state index < -0.39 is 0 Å². The fraction of sp³-hybridized carbons (Fsp3) is 0.800. The molecule has 3 fully saturated rings. The predicted octanol–water partition coefficient (Wildman–Crippen LogP) is 1.08. The highest BCUT2D eigenvalue weighted by Gasteiger charge is 2.35. The molecular formula is C10H15NO. The molecule has 0 spiro atoms. The second-order valence-corrected chi connectivity index (χ2v) is 3.65. The van der Waals surface area contributed by atoms with E-state index in [2.05, 4.69) is 16.9 Å². The topological polar surface area (TPSA) is 12.5 Å². The van der Waals surface area contributed by atoms with Crippen LogP contribution in [-0.4, -0.2) is 30.6 Å². The van der Waals surface area contributed by atoms with E-state index in [0.717, 1.165) is 12.5 Å². The first kappa shape index (κ1) is 7.94. The maximum absolute atomic E-state index is 5.46. The number of ether oxygens (including phenoxy) is 1. The molecule has 0 N–H and O–H groups in total. The Hall–Kier alpha value is -0.680. The third-order valence-electron chi connectivity index (χ3n) is 2.91. The largest absolute Gasteiger partial charge is 0.442 e. The summed E-state index contributed by atoms with van der Waals surface area (Å²) in [5.74, 6) is 3.56. The fourth-order valence-corrected chi connectivity index (χ4v) is 2.18. The van der Waals surface area contributed by atoms with Crippen molar-refractivity contribution < 1.29 is 4.74 Å². The highest BCUT2D eigenvalue weighted by atomic mass is 16.5. The van der Waals surface area contributed by atoms with E-state index in [0.29, 0.717) is 6.10 Å². The summed E-state index contributed by atoms with van der Waals surface area (Å²) in [5, 5.41) is 0. The van der Waals surface area contributed by atoms with Crippen molar-refractivity contribution in [3.05, 3.63) is 0 Å². The third kappa shape index (κ3) is 1.42. The maximum Gasteiger partial charge on any atom is 0.126 e. The molecule has 3 aliphatic heterocycles. The second kappa shape index (κ2) is 3.37. The van der Waals surface area contributed by atoms with Crippen LogP contribution in [0.5, 0.6) is 0 Å². The Labute approximate surface area is 73.9 Å². The molecule has 3 heterocycles. The van der Waals surface area contributed by atoms with Gasteiger partial charge < -0.3 is 4.74 Å². The van der Waals surface area contributed by atoms with Crippen LogP contribution in [0.4, 0.5) is 0 Å². The molecular weight excluding hydrogens is 150 g/mol. The highest BCUT2D eigenvalue weighted by Crippen LogP contribution is 2.29. The Balaban J connectivity index is 1.93. The van der Waals surface area contributed by atoms with Gasteiger partial charge >= 0.3 is 0 Å². The van der Waals surface area contributed by atoms with Gasteiger partial charge in [-0.15, -0.1) is 0 Å². The number of piperidine rings is 3. The zero-order valence-corrected chi connectivity index (χ0v) is 7.55. The number of hydrogen-bond donors (Lipinski definition) is 0. The molecule has 0 aromatic rings. The maximum atomic E-state index is 5.46. The summed E-state index contributed by atoms with van der Waals surface area (Å²) >= 11 is 0. The Kier molecular flexibility index (Phi) is 2.23. The normalized spacial score (nSPS) is 38.6. The molecule has 1 atom stereocenters. The van der Waals surface area contributed by atoms with Crippen LogP contribution in [0.1, 0.15) is 19.8 Å². The van der Waals surface area contributed by atoms with Gasteiger partial charge in [0.15, 0.2) is 0 Å². The molecule has 0 aromatic heterocycles. The average molecular weight is 165 g/mol. The van der Waals surface area contributed by atoms with Crippen LogP contribution in [0.2, 0.25) is 0 Å². The first-order chi connectivity index (χ1) is 5.90. The Morgan fingerprint density at radius 3 is 2.58 bits per heavy atom. The lowest BCUT2D eigenvalue weighted by atomic mass is 9.86. The number of fused-ring (bicyclic) bond motifs is 3. The summed E-state index contributed by atoms with van der Waals surface area (Å²) in [6, 6.07) is 0. The van der Waals surface area contributed by atoms with Crippen molar-refractivity contribution in [2.75, 3.05) is 19.6 Å². The Morgan fingerprint density at radius 2 is 2.08 bits per heavy atom. The Bertz CT molecular complexity index is 208. The second-order valence-electron chi connectivity index (χ2n) is 3.65. The SMILES string of the molecule is CC#COC1CN2CCC1CC2. The van der Waals surface area contributed by atoms with Crippen molar-refractivity contribution in [1.29, 1.82) is 0 Å². The van der Waals surface area contributed by atoms with Crippen LogP contribution >= 0.6 is 0 Å². The van der Waals surface area contributed by atoms with E-state index in [1.54, 1.807) is 0 Å². The van der Waals surface area contributed by atoms with Crippen LogP contribution < -0.4 is 0 Å². The predicted molar refractivity (Wildman–Crippen MR) is 47.5 cm³/mol. The summed E-state index contributed by atoms with van der Waals surface area (Å²) in [5.41, 5.74) is 0. The van der Waals surface area contributed by atoms with Crippen molar-refractivity contribution in [2.24, 2.45) is 5.92 Å². The van der Waals surface area contributed by atoms with E-state index >= 15 is 0 Å². The molecule has 0 saturated carbocycles. The van der Waals surface area contributed by atoms with Crippen LogP contribution in [0.15, 0.2) is 0 Å². The lowest BCUT2D eigenvalue weighted by Crippen LogP contribution is -2.50. The summed E-state index contributed by atoms with van der Waals surface area (Å²) in [7, 11) is 0. The molecule has 3 saturated heterocycles. The minimum atomic E-state index is 0.389. The van der Waals surface area contributed by atoms with E-state index in [4.69, 9.17) is 4.74 Å². The molecule has 0 aliphatic carbocycles. The van der Waals surface area contributed by atoms with Gasteiger partial charge in [0.25, 0.3) is 0 Å². The quantitative estimate of drug-likeness (QED) is 0.539. The van der Waals surface area contributed by atoms with E-state index in [1.807, 2.05) is 6.92 Å². The molecule has 12 heavy (non-hydrogen) atoms. The van der Waals surface area contributed by atoms with E-state index in [-0.39, 0.29) is 0 Å². The van der Waals surface area contributed by atoms with Gasteiger partial charge in [-0.1, -0.05) is 5.92 Å². The van der Waals surface area contributed by atoms with Crippen molar-refractivity contribution >= 4 is 0 Å². The van der Waals surface area contributed by atoms with Crippen molar-refractivity contribution in [2.45, 2.75) is 25.9 Å². The van der Waals surface area contributed by atoms with Gasteiger partial charge in [-0.2, -0.15) is 0 Å². The molecule has 2 nitrogen and oxygen atoms in total. The Morgan fingerprint density at radius 1 is 1.33 bits per heavy atom. The van der Waals surface area contributed by atoms with Gasteiger partial charge in [0.05, 0.1) is 0 Å². The van der Waals surface area contributed by atoms with Crippen molar-refractivity contribution in [3.63, 3.8) is 0 Å². The minimum absolute atomic E-state index is 0.389. The highest BCUT2D eigenvalue weighted by molar-refractivity contribution is 4.92. The van der Waals surface area contributed by atoms with Gasteiger partial charge in [0.2, 0.25) is 0 Å². The van der Waals surface area contributed by atoms with Crippen LogP contribution in [0.3, 0.4) is 0 Å². The zero-order valence-electron chi connectivity index (χ0n) is 7.55. The van der Waals surface area contributed by atoms with Crippen molar-refractivity contribution in [3.8, 4) is 12.0 Å². The minimum Gasteiger partial charge on any atom is -0.442 e. The molecule has 0 aromatic carbocycles. The summed E-state index contributed by atoms with van der Waals surface area (Å²) < 4.78 is 5.46. The summed E-state index contributed by atoms with van der Waals surface area (Å²) in [4.78, 5) is 2.47. The summed E-state index contributed by atoms with van der Waals surface area (Å²) in [6.45, 7) is 5.45.